The number of nitrogens with one attached hydrogen (secondary N) is 1. The summed E-state index contributed by atoms with van der Waals surface area (Å²) in [5, 5.41) is 3.35. The number of aryl methyl sites for hydroxylation is 1. The number of halogens is 1. The summed E-state index contributed by atoms with van der Waals surface area (Å²) in [5.41, 5.74) is 8.09. The van der Waals surface area contributed by atoms with Crippen LogP contribution in [0, 0.1) is 18.2 Å². The molecule has 0 heterocycles. The molecule has 3 N–H and O–H groups in total. The minimum absolute atomic E-state index is 0.251. The largest absolute Gasteiger partial charge is 0.397 e. The van der Waals surface area contributed by atoms with Gasteiger partial charge in [-0.2, -0.15) is 0 Å². The van der Waals surface area contributed by atoms with Gasteiger partial charge in [-0.05, 0) is 49.3 Å². The second-order valence-corrected chi connectivity index (χ2v) is 5.28. The first-order valence-electron chi connectivity index (χ1n) is 6.35. The first kappa shape index (κ1) is 13.1. The number of nitrogen functional groups attached to an aromatic ring is 1. The zero-order valence-electron chi connectivity index (χ0n) is 11.1. The molecule has 1 fully saturated rings. The quantitative estimate of drug-likeness (QED) is 0.765. The van der Waals surface area contributed by atoms with E-state index in [4.69, 9.17) is 10.5 Å². The van der Waals surface area contributed by atoms with E-state index in [0.717, 1.165) is 25.3 Å². The number of nitrogens with two attached hydrogens (primary N) is 1. The Kier molecular flexibility index (Phi) is 3.76. The number of anilines is 2. The Labute approximate surface area is 108 Å². The average Bonchev–Trinajstić information content (AvgIpc) is 3.10. The molecule has 0 unspecified atom stereocenters. The van der Waals surface area contributed by atoms with Crippen molar-refractivity contribution in [3.63, 3.8) is 0 Å². The van der Waals surface area contributed by atoms with Gasteiger partial charge in [0.05, 0.1) is 11.4 Å². The smallest absolute Gasteiger partial charge is 0.128 e. The second kappa shape index (κ2) is 5.14. The van der Waals surface area contributed by atoms with Gasteiger partial charge in [-0.25, -0.2) is 4.39 Å². The van der Waals surface area contributed by atoms with Crippen LogP contribution in [0.3, 0.4) is 0 Å². The Balaban J connectivity index is 1.96. The van der Waals surface area contributed by atoms with Crippen LogP contribution in [0.5, 0.6) is 0 Å². The number of hydrogen-bond acceptors (Lipinski definition) is 3. The van der Waals surface area contributed by atoms with E-state index in [-0.39, 0.29) is 5.82 Å². The predicted molar refractivity (Wildman–Crippen MR) is 72.2 cm³/mol. The van der Waals surface area contributed by atoms with Crippen molar-refractivity contribution in [1.82, 2.24) is 0 Å². The highest BCUT2D eigenvalue weighted by molar-refractivity contribution is 5.67. The van der Waals surface area contributed by atoms with Crippen LogP contribution in [0.25, 0.3) is 0 Å². The molecule has 0 aromatic heterocycles. The van der Waals surface area contributed by atoms with E-state index >= 15 is 0 Å². The SMILES string of the molecule is COCCC1(CNc2cc(C)c(F)cc2N)CC1. The fourth-order valence-electron chi connectivity index (χ4n) is 2.14. The molecular weight excluding hydrogens is 231 g/mol. The molecule has 1 aromatic carbocycles. The van der Waals surface area contributed by atoms with Crippen LogP contribution in [-0.2, 0) is 4.74 Å². The Bertz CT molecular complexity index is 430. The monoisotopic (exact) mass is 252 g/mol. The van der Waals surface area contributed by atoms with Gasteiger partial charge in [0.15, 0.2) is 0 Å². The van der Waals surface area contributed by atoms with Gasteiger partial charge in [-0.15, -0.1) is 0 Å². The van der Waals surface area contributed by atoms with E-state index in [1.165, 1.54) is 18.9 Å². The van der Waals surface area contributed by atoms with Crippen LogP contribution < -0.4 is 11.1 Å². The third-order valence-electron chi connectivity index (χ3n) is 3.78. The van der Waals surface area contributed by atoms with E-state index in [1.807, 2.05) is 0 Å². The molecule has 1 aliphatic rings. The molecule has 1 saturated carbocycles. The highest BCUT2D eigenvalue weighted by atomic mass is 19.1. The third-order valence-corrected chi connectivity index (χ3v) is 3.78. The van der Waals surface area contributed by atoms with E-state index in [0.29, 0.717) is 16.7 Å². The lowest BCUT2D eigenvalue weighted by molar-refractivity contribution is 0.175. The van der Waals surface area contributed by atoms with Crippen LogP contribution in [0.4, 0.5) is 15.8 Å². The molecule has 1 aromatic rings. The lowest BCUT2D eigenvalue weighted by Gasteiger charge is -2.18. The molecule has 0 amide bonds. The summed E-state index contributed by atoms with van der Waals surface area (Å²) in [6.07, 6.45) is 3.52. The van der Waals surface area contributed by atoms with Crippen molar-refractivity contribution in [3.8, 4) is 0 Å². The summed E-state index contributed by atoms with van der Waals surface area (Å²) >= 11 is 0. The van der Waals surface area contributed by atoms with Crippen molar-refractivity contribution < 1.29 is 9.13 Å². The number of benzene rings is 1. The standard InChI is InChI=1S/C14H21FN2O/c1-10-7-13(12(16)8-11(10)15)17-9-14(3-4-14)5-6-18-2/h7-8,17H,3-6,9,16H2,1-2H3. The molecule has 100 valence electrons. The van der Waals surface area contributed by atoms with Crippen molar-refractivity contribution in [2.45, 2.75) is 26.2 Å². The fraction of sp³-hybridized carbons (Fsp3) is 0.571. The van der Waals surface area contributed by atoms with Crippen LogP contribution in [0.2, 0.25) is 0 Å². The van der Waals surface area contributed by atoms with E-state index in [9.17, 15) is 4.39 Å². The summed E-state index contributed by atoms with van der Waals surface area (Å²) in [5.74, 6) is -0.251. The van der Waals surface area contributed by atoms with Gasteiger partial charge in [0.25, 0.3) is 0 Å². The van der Waals surface area contributed by atoms with Crippen molar-refractivity contribution in [2.24, 2.45) is 5.41 Å². The van der Waals surface area contributed by atoms with Gasteiger partial charge in [0.1, 0.15) is 5.82 Å². The van der Waals surface area contributed by atoms with Crippen molar-refractivity contribution in [3.05, 3.63) is 23.5 Å². The fourth-order valence-corrected chi connectivity index (χ4v) is 2.14. The minimum Gasteiger partial charge on any atom is -0.397 e. The van der Waals surface area contributed by atoms with Crippen LogP contribution in [0.1, 0.15) is 24.8 Å². The molecule has 3 nitrogen and oxygen atoms in total. The summed E-state index contributed by atoms with van der Waals surface area (Å²) in [6.45, 7) is 3.42. The molecule has 0 saturated heterocycles. The minimum atomic E-state index is -0.251. The lowest BCUT2D eigenvalue weighted by atomic mass is 10.0. The van der Waals surface area contributed by atoms with Crippen LogP contribution in [0.15, 0.2) is 12.1 Å². The van der Waals surface area contributed by atoms with Gasteiger partial charge in [-0.1, -0.05) is 0 Å². The molecule has 4 heteroatoms. The number of rotatable bonds is 6. The summed E-state index contributed by atoms with van der Waals surface area (Å²) < 4.78 is 18.4. The second-order valence-electron chi connectivity index (χ2n) is 5.28. The van der Waals surface area contributed by atoms with Gasteiger partial charge < -0.3 is 15.8 Å². The molecule has 0 spiro atoms. The van der Waals surface area contributed by atoms with Gasteiger partial charge in [0, 0.05) is 20.3 Å². The molecule has 18 heavy (non-hydrogen) atoms. The number of methoxy groups -OCH3 is 1. The molecule has 1 aliphatic carbocycles. The Hall–Kier alpha value is -1.29. The maximum absolute atomic E-state index is 13.3. The zero-order valence-corrected chi connectivity index (χ0v) is 11.1. The Morgan fingerprint density at radius 3 is 2.78 bits per heavy atom. The van der Waals surface area contributed by atoms with Crippen LogP contribution >= 0.6 is 0 Å². The van der Waals surface area contributed by atoms with Crippen molar-refractivity contribution in [2.75, 3.05) is 31.3 Å². The first-order chi connectivity index (χ1) is 8.56. The average molecular weight is 252 g/mol. The van der Waals surface area contributed by atoms with Gasteiger partial charge in [-0.3, -0.25) is 0 Å². The maximum Gasteiger partial charge on any atom is 0.128 e. The molecule has 0 atom stereocenters. The normalized spacial score (nSPS) is 16.6. The topological polar surface area (TPSA) is 47.3 Å². The number of hydrogen-bond donors (Lipinski definition) is 2. The van der Waals surface area contributed by atoms with Gasteiger partial charge >= 0.3 is 0 Å². The molecule has 0 radical (unpaired) electrons. The predicted octanol–water partition coefficient (Wildman–Crippen LogP) is 2.94. The zero-order chi connectivity index (χ0) is 13.2. The van der Waals surface area contributed by atoms with Gasteiger partial charge in [0.2, 0.25) is 0 Å². The van der Waals surface area contributed by atoms with Crippen LogP contribution in [-0.4, -0.2) is 20.3 Å². The van der Waals surface area contributed by atoms with E-state index in [2.05, 4.69) is 5.32 Å². The Morgan fingerprint density at radius 2 is 2.17 bits per heavy atom. The maximum atomic E-state index is 13.3. The van der Waals surface area contributed by atoms with Crippen molar-refractivity contribution >= 4 is 11.4 Å². The molecular formula is C14H21FN2O. The highest BCUT2D eigenvalue weighted by Gasteiger charge is 2.41. The molecule has 0 aliphatic heterocycles. The first-order valence-corrected chi connectivity index (χ1v) is 6.35. The summed E-state index contributed by atoms with van der Waals surface area (Å²) in [6, 6.07) is 3.16. The Morgan fingerprint density at radius 1 is 1.44 bits per heavy atom. The summed E-state index contributed by atoms with van der Waals surface area (Å²) in [4.78, 5) is 0. The third kappa shape index (κ3) is 2.93. The van der Waals surface area contributed by atoms with E-state index < -0.39 is 0 Å². The summed E-state index contributed by atoms with van der Waals surface area (Å²) in [7, 11) is 1.73. The molecule has 2 rings (SSSR count). The lowest BCUT2D eigenvalue weighted by Crippen LogP contribution is -2.18. The molecule has 0 bridgehead atoms. The highest BCUT2D eigenvalue weighted by Crippen LogP contribution is 2.48. The number of ether oxygens (including phenoxy) is 1. The van der Waals surface area contributed by atoms with Crippen molar-refractivity contribution in [1.29, 1.82) is 0 Å². The van der Waals surface area contributed by atoms with E-state index in [1.54, 1.807) is 20.1 Å².